The molecule has 0 saturated carbocycles. The van der Waals surface area contributed by atoms with Gasteiger partial charge in [-0.15, -0.1) is 0 Å². The minimum absolute atomic E-state index is 0.681. The summed E-state index contributed by atoms with van der Waals surface area (Å²) in [5.41, 5.74) is 8.70. The number of nitrogens with one attached hydrogen (secondary N) is 2. The Morgan fingerprint density at radius 3 is 2.54 bits per heavy atom. The lowest BCUT2D eigenvalue weighted by Gasteiger charge is -2.14. The molecule has 28 heavy (non-hydrogen) atoms. The minimum atomic E-state index is -1.26. The molecule has 3 rings (SSSR count). The standard InChI is InChI=1S/C22H25N3OS2/c1-2-13-24-16-17-14-21(11-12-22(17)23)28(26)20-10-6-7-18(15-20)25-27-19-8-4-3-5-9-19/h3-12,14-15,24-25H,2,13,16,23H2,1H3. The summed E-state index contributed by atoms with van der Waals surface area (Å²) < 4.78 is 16.4. The number of hydrogen-bond acceptors (Lipinski definition) is 5. The summed E-state index contributed by atoms with van der Waals surface area (Å²) in [5, 5.41) is 3.35. The van der Waals surface area contributed by atoms with Gasteiger partial charge >= 0.3 is 0 Å². The van der Waals surface area contributed by atoms with Gasteiger partial charge in [0.2, 0.25) is 0 Å². The molecule has 0 aliphatic rings. The number of nitrogen functional groups attached to an aromatic ring is 1. The van der Waals surface area contributed by atoms with Gasteiger partial charge in [-0.05, 0) is 66.9 Å². The van der Waals surface area contributed by atoms with Gasteiger partial charge in [0.05, 0.1) is 0 Å². The molecule has 4 nitrogen and oxygen atoms in total. The lowest BCUT2D eigenvalue weighted by molar-refractivity contribution is 0.594. The monoisotopic (exact) mass is 411 g/mol. The van der Waals surface area contributed by atoms with E-state index < -0.39 is 11.2 Å². The van der Waals surface area contributed by atoms with Crippen LogP contribution in [-0.2, 0) is 17.7 Å². The van der Waals surface area contributed by atoms with Crippen molar-refractivity contribution < 1.29 is 4.55 Å². The maximum atomic E-state index is 13.1. The van der Waals surface area contributed by atoms with Crippen LogP contribution in [0.4, 0.5) is 11.4 Å². The third kappa shape index (κ3) is 5.69. The van der Waals surface area contributed by atoms with Crippen LogP contribution in [0.15, 0.2) is 87.5 Å². The Kier molecular flexibility index (Phi) is 7.68. The van der Waals surface area contributed by atoms with Crippen LogP contribution >= 0.6 is 11.9 Å². The molecule has 0 radical (unpaired) electrons. The Bertz CT molecular complexity index is 890. The van der Waals surface area contributed by atoms with Crippen molar-refractivity contribution >= 4 is 34.5 Å². The topological polar surface area (TPSA) is 73.1 Å². The van der Waals surface area contributed by atoms with Crippen molar-refractivity contribution in [1.82, 2.24) is 5.32 Å². The van der Waals surface area contributed by atoms with E-state index in [-0.39, 0.29) is 0 Å². The summed E-state index contributed by atoms with van der Waals surface area (Å²) in [6.07, 6.45) is 1.06. The molecule has 3 aromatic rings. The van der Waals surface area contributed by atoms with E-state index in [9.17, 15) is 4.55 Å². The van der Waals surface area contributed by atoms with Crippen LogP contribution in [-0.4, -0.2) is 11.1 Å². The van der Waals surface area contributed by atoms with Gasteiger partial charge in [0.1, 0.15) is 0 Å². The van der Waals surface area contributed by atoms with Gasteiger partial charge in [-0.2, -0.15) is 0 Å². The second-order valence-corrected chi connectivity index (χ2v) is 8.71. The zero-order chi connectivity index (χ0) is 19.8. The molecule has 1 unspecified atom stereocenters. The Hall–Kier alpha value is -2.12. The van der Waals surface area contributed by atoms with Crippen LogP contribution in [0.1, 0.15) is 18.9 Å². The van der Waals surface area contributed by atoms with E-state index in [2.05, 4.69) is 17.0 Å². The smallest absolute Gasteiger partial charge is 0.160 e. The van der Waals surface area contributed by atoms with Crippen molar-refractivity contribution in [3.8, 4) is 0 Å². The zero-order valence-corrected chi connectivity index (χ0v) is 17.5. The first-order valence-corrected chi connectivity index (χ1v) is 11.2. The van der Waals surface area contributed by atoms with E-state index in [0.29, 0.717) is 6.54 Å². The Morgan fingerprint density at radius 1 is 0.964 bits per heavy atom. The van der Waals surface area contributed by atoms with Crippen LogP contribution in [0.25, 0.3) is 0 Å². The van der Waals surface area contributed by atoms with Gasteiger partial charge < -0.3 is 20.3 Å². The second kappa shape index (κ2) is 10.4. The molecule has 146 valence electrons. The van der Waals surface area contributed by atoms with Crippen molar-refractivity contribution in [3.05, 3.63) is 78.4 Å². The average molecular weight is 412 g/mol. The fraction of sp³-hybridized carbons (Fsp3) is 0.182. The number of hydrogen-bond donors (Lipinski definition) is 3. The summed E-state index contributed by atoms with van der Waals surface area (Å²) >= 11 is 0.268. The SMILES string of the molecule is CCCNCc1cc([S+]([O-])c2cccc(NSc3ccccc3)c2)ccc1N. The molecule has 0 aliphatic carbocycles. The summed E-state index contributed by atoms with van der Waals surface area (Å²) in [7, 11) is 0. The predicted octanol–water partition coefficient (Wildman–Crippen LogP) is 5.05. The van der Waals surface area contributed by atoms with Gasteiger partial charge in [-0.1, -0.05) is 31.2 Å². The first-order valence-electron chi connectivity index (χ1n) is 9.26. The molecule has 0 aliphatic heterocycles. The highest BCUT2D eigenvalue weighted by Crippen LogP contribution is 2.28. The van der Waals surface area contributed by atoms with E-state index in [0.717, 1.165) is 44.6 Å². The normalized spacial score (nSPS) is 11.9. The fourth-order valence-electron chi connectivity index (χ4n) is 2.67. The summed E-state index contributed by atoms with van der Waals surface area (Å²) in [5.74, 6) is 0. The molecule has 6 heteroatoms. The lowest BCUT2D eigenvalue weighted by Crippen LogP contribution is -2.15. The third-order valence-electron chi connectivity index (χ3n) is 4.15. The lowest BCUT2D eigenvalue weighted by atomic mass is 10.2. The summed E-state index contributed by atoms with van der Waals surface area (Å²) in [6.45, 7) is 3.73. The molecule has 0 bridgehead atoms. The Labute approximate surface area is 174 Å². The van der Waals surface area contributed by atoms with E-state index in [1.807, 2.05) is 72.8 Å². The molecular weight excluding hydrogens is 386 g/mol. The maximum absolute atomic E-state index is 13.1. The number of benzene rings is 3. The van der Waals surface area contributed by atoms with Crippen molar-refractivity contribution in [2.45, 2.75) is 34.6 Å². The molecule has 0 fully saturated rings. The molecule has 0 spiro atoms. The molecule has 0 aromatic heterocycles. The fourth-order valence-corrected chi connectivity index (χ4v) is 4.47. The zero-order valence-electron chi connectivity index (χ0n) is 15.9. The van der Waals surface area contributed by atoms with Crippen LogP contribution in [0.3, 0.4) is 0 Å². The Balaban J connectivity index is 1.71. The van der Waals surface area contributed by atoms with Crippen molar-refractivity contribution in [2.75, 3.05) is 17.0 Å². The molecule has 0 amide bonds. The van der Waals surface area contributed by atoms with Crippen molar-refractivity contribution in [2.24, 2.45) is 0 Å². The average Bonchev–Trinajstić information content (AvgIpc) is 2.74. The highest BCUT2D eigenvalue weighted by molar-refractivity contribution is 8.00. The van der Waals surface area contributed by atoms with E-state index >= 15 is 0 Å². The van der Waals surface area contributed by atoms with Crippen LogP contribution < -0.4 is 15.8 Å². The van der Waals surface area contributed by atoms with Crippen LogP contribution in [0.5, 0.6) is 0 Å². The van der Waals surface area contributed by atoms with Gasteiger partial charge in [-0.25, -0.2) is 0 Å². The second-order valence-electron chi connectivity index (χ2n) is 6.35. The van der Waals surface area contributed by atoms with E-state index in [1.54, 1.807) is 0 Å². The predicted molar refractivity (Wildman–Crippen MR) is 120 cm³/mol. The molecule has 0 heterocycles. The molecule has 4 N–H and O–H groups in total. The maximum Gasteiger partial charge on any atom is 0.160 e. The number of rotatable bonds is 9. The summed E-state index contributed by atoms with van der Waals surface area (Å²) in [4.78, 5) is 2.64. The van der Waals surface area contributed by atoms with Gasteiger partial charge in [0, 0.05) is 46.1 Å². The number of nitrogens with two attached hydrogens (primary N) is 1. The minimum Gasteiger partial charge on any atom is -0.606 e. The molecular formula is C22H25N3OS2. The van der Waals surface area contributed by atoms with Crippen LogP contribution in [0.2, 0.25) is 0 Å². The highest BCUT2D eigenvalue weighted by atomic mass is 32.2. The molecule has 1 atom stereocenters. The van der Waals surface area contributed by atoms with Crippen LogP contribution in [0, 0.1) is 0 Å². The van der Waals surface area contributed by atoms with Gasteiger partial charge in [0.25, 0.3) is 0 Å². The quantitative estimate of drug-likeness (QED) is 0.199. The summed E-state index contributed by atoms with van der Waals surface area (Å²) in [6, 6.07) is 23.4. The third-order valence-corrected chi connectivity index (χ3v) is 6.36. The molecule has 3 aromatic carbocycles. The van der Waals surface area contributed by atoms with Crippen molar-refractivity contribution in [3.63, 3.8) is 0 Å². The number of anilines is 2. The highest BCUT2D eigenvalue weighted by Gasteiger charge is 2.17. The molecule has 0 saturated heterocycles. The largest absolute Gasteiger partial charge is 0.606 e. The van der Waals surface area contributed by atoms with E-state index in [4.69, 9.17) is 5.73 Å². The Morgan fingerprint density at radius 2 is 1.75 bits per heavy atom. The van der Waals surface area contributed by atoms with Crippen molar-refractivity contribution in [1.29, 1.82) is 0 Å². The first kappa shape index (κ1) is 20.6. The first-order chi connectivity index (χ1) is 13.7. The van der Waals surface area contributed by atoms with Gasteiger partial charge in [-0.3, -0.25) is 0 Å². The van der Waals surface area contributed by atoms with E-state index in [1.165, 1.54) is 11.9 Å². The van der Waals surface area contributed by atoms with Gasteiger partial charge in [0.15, 0.2) is 9.79 Å².